The van der Waals surface area contributed by atoms with E-state index in [1.54, 1.807) is 24.3 Å². The fraction of sp³-hybridized carbons (Fsp3) is 0. The van der Waals surface area contributed by atoms with E-state index in [-0.39, 0.29) is 5.69 Å². The number of nitrogens with zero attached hydrogens (tertiary/aromatic N) is 3. The number of rotatable bonds is 3. The van der Waals surface area contributed by atoms with E-state index in [1.807, 2.05) is 0 Å². The van der Waals surface area contributed by atoms with Gasteiger partial charge in [0.25, 0.3) is 5.69 Å². The molecule has 6 nitrogen and oxygen atoms in total. The molecule has 0 aliphatic heterocycles. The third-order valence-electron chi connectivity index (χ3n) is 1.93. The second kappa shape index (κ2) is 4.79. The summed E-state index contributed by atoms with van der Waals surface area (Å²) >= 11 is 1.36. The van der Waals surface area contributed by atoms with Crippen LogP contribution in [0, 0.1) is 10.1 Å². The zero-order chi connectivity index (χ0) is 12.3. The third kappa shape index (κ3) is 2.91. The molecule has 1 heterocycles. The fourth-order valence-corrected chi connectivity index (χ4v) is 1.87. The molecule has 2 rings (SSSR count). The van der Waals surface area contributed by atoms with Crippen molar-refractivity contribution in [1.29, 1.82) is 0 Å². The Labute approximate surface area is 101 Å². The Morgan fingerprint density at radius 3 is 2.35 bits per heavy atom. The van der Waals surface area contributed by atoms with E-state index >= 15 is 0 Å². The number of benzene rings is 1. The molecule has 86 valence electrons. The number of nitro groups is 1. The molecular formula is C10H8N4O2S. The Kier molecular flexibility index (Phi) is 3.20. The van der Waals surface area contributed by atoms with E-state index < -0.39 is 4.92 Å². The summed E-state index contributed by atoms with van der Waals surface area (Å²) in [6, 6.07) is 9.64. The number of aromatic nitrogens is 2. The Balaban J connectivity index is 2.13. The van der Waals surface area contributed by atoms with E-state index in [1.165, 1.54) is 23.9 Å². The van der Waals surface area contributed by atoms with Crippen LogP contribution in [0.3, 0.4) is 0 Å². The van der Waals surface area contributed by atoms with Crippen LogP contribution < -0.4 is 5.73 Å². The Morgan fingerprint density at radius 2 is 1.82 bits per heavy atom. The highest BCUT2D eigenvalue weighted by Gasteiger charge is 2.05. The number of anilines is 1. The number of non-ortho nitro benzene ring substituents is 1. The van der Waals surface area contributed by atoms with Gasteiger partial charge in [0.2, 0.25) is 0 Å². The minimum absolute atomic E-state index is 0.0674. The smallest absolute Gasteiger partial charge is 0.269 e. The topological polar surface area (TPSA) is 94.9 Å². The van der Waals surface area contributed by atoms with Crippen molar-refractivity contribution in [2.75, 3.05) is 5.73 Å². The van der Waals surface area contributed by atoms with Crippen molar-refractivity contribution < 1.29 is 4.92 Å². The monoisotopic (exact) mass is 248 g/mol. The van der Waals surface area contributed by atoms with Gasteiger partial charge in [-0.2, -0.15) is 0 Å². The van der Waals surface area contributed by atoms with Crippen molar-refractivity contribution >= 4 is 23.3 Å². The summed E-state index contributed by atoms with van der Waals surface area (Å²) in [5.74, 6) is 0.359. The van der Waals surface area contributed by atoms with Crippen LogP contribution in [0.1, 0.15) is 0 Å². The van der Waals surface area contributed by atoms with Crippen LogP contribution in [0.5, 0.6) is 0 Å². The first-order chi connectivity index (χ1) is 8.15. The number of hydrogen-bond donors (Lipinski definition) is 1. The summed E-state index contributed by atoms with van der Waals surface area (Å²) in [6.07, 6.45) is 0. The van der Waals surface area contributed by atoms with Gasteiger partial charge in [-0.25, -0.2) is 0 Å². The lowest BCUT2D eigenvalue weighted by Crippen LogP contribution is -1.92. The molecule has 7 heteroatoms. The van der Waals surface area contributed by atoms with Gasteiger partial charge >= 0.3 is 0 Å². The third-order valence-corrected chi connectivity index (χ3v) is 2.87. The average molecular weight is 248 g/mol. The molecule has 1 aromatic carbocycles. The molecular weight excluding hydrogens is 240 g/mol. The van der Waals surface area contributed by atoms with Gasteiger partial charge in [0.15, 0.2) is 0 Å². The number of nitro benzene ring substituents is 1. The molecule has 0 aliphatic rings. The first-order valence-corrected chi connectivity index (χ1v) is 5.48. The lowest BCUT2D eigenvalue weighted by Gasteiger charge is -1.99. The molecule has 0 spiro atoms. The van der Waals surface area contributed by atoms with Crippen LogP contribution in [-0.2, 0) is 0 Å². The summed E-state index contributed by atoms with van der Waals surface area (Å²) in [5.41, 5.74) is 5.48. The largest absolute Gasteiger partial charge is 0.382 e. The van der Waals surface area contributed by atoms with Crippen molar-refractivity contribution in [2.45, 2.75) is 9.92 Å². The Hall–Kier alpha value is -2.15. The highest BCUT2D eigenvalue weighted by atomic mass is 32.2. The first kappa shape index (κ1) is 11.3. The van der Waals surface area contributed by atoms with Crippen molar-refractivity contribution in [3.8, 4) is 0 Å². The number of nitrogens with two attached hydrogens (primary N) is 1. The minimum Gasteiger partial charge on any atom is -0.382 e. The maximum atomic E-state index is 10.5. The van der Waals surface area contributed by atoms with Crippen LogP contribution in [-0.4, -0.2) is 15.1 Å². The number of nitrogen functional groups attached to an aromatic ring is 1. The normalized spacial score (nSPS) is 10.1. The molecule has 0 saturated carbocycles. The van der Waals surface area contributed by atoms with Gasteiger partial charge in [-0.3, -0.25) is 10.1 Å². The molecule has 0 atom stereocenters. The zero-order valence-corrected chi connectivity index (χ0v) is 9.42. The summed E-state index contributed by atoms with van der Waals surface area (Å²) < 4.78 is 0. The number of hydrogen-bond acceptors (Lipinski definition) is 6. The van der Waals surface area contributed by atoms with E-state index in [0.29, 0.717) is 10.8 Å². The van der Waals surface area contributed by atoms with Crippen molar-refractivity contribution in [3.63, 3.8) is 0 Å². The van der Waals surface area contributed by atoms with Gasteiger partial charge in [0.05, 0.1) is 4.92 Å². The SMILES string of the molecule is Nc1ccc(Sc2ccc([N+](=O)[O-])cc2)nn1. The molecule has 2 N–H and O–H groups in total. The second-order valence-electron chi connectivity index (χ2n) is 3.15. The quantitative estimate of drug-likeness (QED) is 0.660. The summed E-state index contributed by atoms with van der Waals surface area (Å²) in [7, 11) is 0. The molecule has 0 fully saturated rings. The van der Waals surface area contributed by atoms with E-state index in [4.69, 9.17) is 5.73 Å². The Bertz CT molecular complexity index is 527. The predicted octanol–water partition coefficient (Wildman–Crippen LogP) is 2.12. The van der Waals surface area contributed by atoms with Crippen molar-refractivity contribution in [2.24, 2.45) is 0 Å². The van der Waals surface area contributed by atoms with Gasteiger partial charge in [0.1, 0.15) is 10.8 Å². The molecule has 0 saturated heterocycles. The first-order valence-electron chi connectivity index (χ1n) is 4.66. The van der Waals surface area contributed by atoms with E-state index in [0.717, 1.165) is 4.90 Å². The predicted molar refractivity (Wildman–Crippen MR) is 63.7 cm³/mol. The van der Waals surface area contributed by atoms with Gasteiger partial charge in [-0.15, -0.1) is 10.2 Å². The second-order valence-corrected chi connectivity index (χ2v) is 4.24. The van der Waals surface area contributed by atoms with Crippen LogP contribution in [0.15, 0.2) is 46.3 Å². The summed E-state index contributed by atoms with van der Waals surface area (Å²) in [6.45, 7) is 0. The summed E-state index contributed by atoms with van der Waals surface area (Å²) in [4.78, 5) is 10.9. The molecule has 0 aliphatic carbocycles. The lowest BCUT2D eigenvalue weighted by molar-refractivity contribution is -0.384. The fourth-order valence-electron chi connectivity index (χ4n) is 1.14. The van der Waals surface area contributed by atoms with Crippen LogP contribution in [0.25, 0.3) is 0 Å². The minimum atomic E-state index is -0.433. The zero-order valence-electron chi connectivity index (χ0n) is 8.61. The molecule has 0 unspecified atom stereocenters. The molecule has 1 aromatic heterocycles. The average Bonchev–Trinajstić information content (AvgIpc) is 2.33. The molecule has 17 heavy (non-hydrogen) atoms. The van der Waals surface area contributed by atoms with E-state index in [9.17, 15) is 10.1 Å². The van der Waals surface area contributed by atoms with Crippen LogP contribution in [0.4, 0.5) is 11.5 Å². The Morgan fingerprint density at radius 1 is 1.12 bits per heavy atom. The standard InChI is InChI=1S/C10H8N4O2S/c11-9-5-6-10(13-12-9)17-8-3-1-7(2-4-8)14(15)16/h1-6H,(H2,11,12). The van der Waals surface area contributed by atoms with Gasteiger partial charge in [-0.1, -0.05) is 11.8 Å². The highest BCUT2D eigenvalue weighted by Crippen LogP contribution is 2.27. The summed E-state index contributed by atoms with van der Waals surface area (Å²) in [5, 5.41) is 18.8. The maximum Gasteiger partial charge on any atom is 0.269 e. The maximum absolute atomic E-state index is 10.5. The van der Waals surface area contributed by atoms with E-state index in [2.05, 4.69) is 10.2 Å². The van der Waals surface area contributed by atoms with Crippen molar-refractivity contribution in [1.82, 2.24) is 10.2 Å². The molecule has 0 amide bonds. The van der Waals surface area contributed by atoms with Crippen LogP contribution in [0.2, 0.25) is 0 Å². The van der Waals surface area contributed by atoms with Gasteiger partial charge < -0.3 is 5.73 Å². The highest BCUT2D eigenvalue weighted by molar-refractivity contribution is 7.99. The molecule has 0 bridgehead atoms. The van der Waals surface area contributed by atoms with Crippen molar-refractivity contribution in [3.05, 3.63) is 46.5 Å². The van der Waals surface area contributed by atoms with Crippen LogP contribution >= 0.6 is 11.8 Å². The van der Waals surface area contributed by atoms with Gasteiger partial charge in [-0.05, 0) is 24.3 Å². The lowest BCUT2D eigenvalue weighted by atomic mass is 10.3. The van der Waals surface area contributed by atoms with Gasteiger partial charge in [0, 0.05) is 17.0 Å². The molecule has 2 aromatic rings. The molecule has 0 radical (unpaired) electrons.